The van der Waals surface area contributed by atoms with Gasteiger partial charge in [0.15, 0.2) is 11.5 Å². The standard InChI is InChI=1S/C16H16BrNO4S2/c1-4-21-13-8-10(6-11(17)14(13)22-9(3)19)7-12-15(20)24-16(18-12)23-5-2/h6-8H,4-5H2,1-3H3/b12-7+. The van der Waals surface area contributed by atoms with Gasteiger partial charge >= 0.3 is 5.97 Å². The summed E-state index contributed by atoms with van der Waals surface area (Å²) in [5, 5.41) is -0.0795. The highest BCUT2D eigenvalue weighted by Crippen LogP contribution is 2.38. The van der Waals surface area contributed by atoms with Gasteiger partial charge in [0.1, 0.15) is 10.1 Å². The number of carbonyl (C=O) groups excluding carboxylic acids is 2. The van der Waals surface area contributed by atoms with E-state index in [9.17, 15) is 9.59 Å². The second-order valence-corrected chi connectivity index (χ2v) is 7.91. The monoisotopic (exact) mass is 429 g/mol. The summed E-state index contributed by atoms with van der Waals surface area (Å²) in [7, 11) is 0. The summed E-state index contributed by atoms with van der Waals surface area (Å²) in [4.78, 5) is 27.6. The lowest BCUT2D eigenvalue weighted by molar-refractivity contribution is -0.132. The molecule has 8 heteroatoms. The van der Waals surface area contributed by atoms with Gasteiger partial charge in [-0.2, -0.15) is 0 Å². The molecule has 0 radical (unpaired) electrons. The van der Waals surface area contributed by atoms with Gasteiger partial charge < -0.3 is 9.47 Å². The molecule has 0 saturated heterocycles. The van der Waals surface area contributed by atoms with Crippen molar-refractivity contribution in [2.45, 2.75) is 20.8 Å². The topological polar surface area (TPSA) is 65.0 Å². The van der Waals surface area contributed by atoms with E-state index in [4.69, 9.17) is 9.47 Å². The predicted molar refractivity (Wildman–Crippen MR) is 103 cm³/mol. The number of hydrogen-bond donors (Lipinski definition) is 0. The highest BCUT2D eigenvalue weighted by molar-refractivity contribution is 9.10. The molecule has 1 aromatic rings. The van der Waals surface area contributed by atoms with E-state index in [1.807, 2.05) is 13.8 Å². The molecule has 0 aromatic heterocycles. The summed E-state index contributed by atoms with van der Waals surface area (Å²) in [6.07, 6.45) is 1.70. The quantitative estimate of drug-likeness (QED) is 0.390. The molecule has 0 saturated carbocycles. The van der Waals surface area contributed by atoms with Crippen LogP contribution in [0.2, 0.25) is 0 Å². The number of thioether (sulfide) groups is 2. The number of esters is 1. The van der Waals surface area contributed by atoms with Crippen molar-refractivity contribution in [2.75, 3.05) is 12.4 Å². The molecule has 0 aliphatic carbocycles. The Morgan fingerprint density at radius 2 is 2.17 bits per heavy atom. The zero-order valence-corrected chi connectivity index (χ0v) is 16.6. The molecule has 128 valence electrons. The Morgan fingerprint density at radius 3 is 2.79 bits per heavy atom. The van der Waals surface area contributed by atoms with Crippen LogP contribution in [0.25, 0.3) is 6.08 Å². The van der Waals surface area contributed by atoms with Gasteiger partial charge in [0.25, 0.3) is 0 Å². The van der Waals surface area contributed by atoms with E-state index in [1.165, 1.54) is 6.92 Å². The second-order valence-electron chi connectivity index (χ2n) is 4.59. The number of halogens is 1. The van der Waals surface area contributed by atoms with Gasteiger partial charge in [-0.3, -0.25) is 9.59 Å². The number of aliphatic imine (C=N–C) groups is 1. The summed E-state index contributed by atoms with van der Waals surface area (Å²) in [6.45, 7) is 5.60. The molecule has 1 aromatic carbocycles. The van der Waals surface area contributed by atoms with Crippen LogP contribution in [0.3, 0.4) is 0 Å². The van der Waals surface area contributed by atoms with Gasteiger partial charge in [-0.25, -0.2) is 4.99 Å². The van der Waals surface area contributed by atoms with Crippen LogP contribution in [0, 0.1) is 0 Å². The number of carbonyl (C=O) groups is 2. The smallest absolute Gasteiger partial charge is 0.308 e. The average molecular weight is 430 g/mol. The SMILES string of the molecule is CCOc1cc(/C=C2/N=C(SCC)SC2=O)cc(Br)c1OC(C)=O. The number of nitrogens with zero attached hydrogens (tertiary/aromatic N) is 1. The summed E-state index contributed by atoms with van der Waals surface area (Å²) in [5.41, 5.74) is 1.13. The van der Waals surface area contributed by atoms with Gasteiger partial charge in [0.05, 0.1) is 11.1 Å². The molecule has 0 bridgehead atoms. The minimum absolute atomic E-state index is 0.0795. The van der Waals surface area contributed by atoms with E-state index >= 15 is 0 Å². The zero-order chi connectivity index (χ0) is 17.7. The molecule has 0 fully saturated rings. The van der Waals surface area contributed by atoms with Gasteiger partial charge in [-0.15, -0.1) is 0 Å². The molecular weight excluding hydrogens is 414 g/mol. The van der Waals surface area contributed by atoms with Crippen molar-refractivity contribution in [3.63, 3.8) is 0 Å². The van der Waals surface area contributed by atoms with E-state index in [-0.39, 0.29) is 5.12 Å². The lowest BCUT2D eigenvalue weighted by Gasteiger charge is -2.12. The van der Waals surface area contributed by atoms with Crippen LogP contribution in [-0.2, 0) is 9.59 Å². The lowest BCUT2D eigenvalue weighted by Crippen LogP contribution is -2.05. The van der Waals surface area contributed by atoms with Crippen molar-refractivity contribution in [3.05, 3.63) is 27.9 Å². The summed E-state index contributed by atoms with van der Waals surface area (Å²) in [5.74, 6) is 1.18. The summed E-state index contributed by atoms with van der Waals surface area (Å²) in [6, 6.07) is 3.48. The number of rotatable bonds is 5. The van der Waals surface area contributed by atoms with Crippen LogP contribution in [0.15, 0.2) is 27.3 Å². The van der Waals surface area contributed by atoms with Gasteiger partial charge in [-0.05, 0) is 64.1 Å². The fourth-order valence-electron chi connectivity index (χ4n) is 1.91. The van der Waals surface area contributed by atoms with E-state index in [0.717, 1.165) is 27.5 Å². The van der Waals surface area contributed by atoms with Crippen molar-refractivity contribution >= 4 is 61.0 Å². The molecule has 1 aliphatic heterocycles. The fourth-order valence-corrected chi connectivity index (χ4v) is 4.19. The van der Waals surface area contributed by atoms with E-state index in [1.54, 1.807) is 30.0 Å². The van der Waals surface area contributed by atoms with E-state index in [0.29, 0.717) is 28.3 Å². The summed E-state index contributed by atoms with van der Waals surface area (Å²) < 4.78 is 12.1. The lowest BCUT2D eigenvalue weighted by atomic mass is 10.1. The maximum absolute atomic E-state index is 12.0. The summed E-state index contributed by atoms with van der Waals surface area (Å²) >= 11 is 6.06. The van der Waals surface area contributed by atoms with Crippen LogP contribution in [-0.4, -0.2) is 27.8 Å². The normalized spacial score (nSPS) is 15.6. The molecule has 5 nitrogen and oxygen atoms in total. The van der Waals surface area contributed by atoms with E-state index in [2.05, 4.69) is 20.9 Å². The average Bonchev–Trinajstić information content (AvgIpc) is 2.83. The van der Waals surface area contributed by atoms with Crippen molar-refractivity contribution < 1.29 is 19.1 Å². The third-order valence-electron chi connectivity index (χ3n) is 2.75. The van der Waals surface area contributed by atoms with Crippen molar-refractivity contribution in [2.24, 2.45) is 4.99 Å². The van der Waals surface area contributed by atoms with Crippen LogP contribution < -0.4 is 9.47 Å². The van der Waals surface area contributed by atoms with Crippen LogP contribution >= 0.6 is 39.5 Å². The van der Waals surface area contributed by atoms with Crippen LogP contribution in [0.5, 0.6) is 11.5 Å². The minimum Gasteiger partial charge on any atom is -0.490 e. The molecule has 24 heavy (non-hydrogen) atoms. The molecule has 0 unspecified atom stereocenters. The first-order chi connectivity index (χ1) is 11.4. The number of ether oxygens (including phenoxy) is 2. The molecule has 0 N–H and O–H groups in total. The Bertz CT molecular complexity index is 731. The highest BCUT2D eigenvalue weighted by atomic mass is 79.9. The highest BCUT2D eigenvalue weighted by Gasteiger charge is 2.22. The van der Waals surface area contributed by atoms with E-state index < -0.39 is 5.97 Å². The number of benzene rings is 1. The Morgan fingerprint density at radius 1 is 1.42 bits per heavy atom. The first kappa shape index (κ1) is 19.1. The van der Waals surface area contributed by atoms with Gasteiger partial charge in [0, 0.05) is 6.92 Å². The first-order valence-electron chi connectivity index (χ1n) is 7.24. The van der Waals surface area contributed by atoms with Crippen LogP contribution in [0.1, 0.15) is 26.3 Å². The molecule has 1 aliphatic rings. The van der Waals surface area contributed by atoms with Crippen molar-refractivity contribution in [1.82, 2.24) is 0 Å². The molecule has 2 rings (SSSR count). The minimum atomic E-state index is -0.434. The number of hydrogen-bond acceptors (Lipinski definition) is 7. The second kappa shape index (κ2) is 8.73. The molecule has 0 spiro atoms. The Hall–Kier alpha value is -1.25. The Kier molecular flexibility index (Phi) is 6.94. The van der Waals surface area contributed by atoms with Crippen LogP contribution in [0.4, 0.5) is 0 Å². The third kappa shape index (κ3) is 4.87. The van der Waals surface area contributed by atoms with Crippen molar-refractivity contribution in [3.8, 4) is 11.5 Å². The maximum Gasteiger partial charge on any atom is 0.308 e. The van der Waals surface area contributed by atoms with Crippen molar-refractivity contribution in [1.29, 1.82) is 0 Å². The van der Waals surface area contributed by atoms with Gasteiger partial charge in [-0.1, -0.05) is 18.7 Å². The Labute approximate surface area is 157 Å². The molecule has 0 atom stereocenters. The fraction of sp³-hybridized carbons (Fsp3) is 0.312. The molecular formula is C16H16BrNO4S2. The molecule has 1 heterocycles. The van der Waals surface area contributed by atoms with Gasteiger partial charge in [0.2, 0.25) is 5.12 Å². The maximum atomic E-state index is 12.0. The third-order valence-corrected chi connectivity index (χ3v) is 5.23. The predicted octanol–water partition coefficient (Wildman–Crippen LogP) is 4.50. The first-order valence-corrected chi connectivity index (χ1v) is 9.84. The largest absolute Gasteiger partial charge is 0.490 e. The zero-order valence-electron chi connectivity index (χ0n) is 13.4. The molecule has 0 amide bonds. The Balaban J connectivity index is 2.39.